The van der Waals surface area contributed by atoms with Gasteiger partial charge in [0.15, 0.2) is 11.5 Å². The second-order valence-electron chi connectivity index (χ2n) is 7.57. The number of rotatable bonds is 10. The lowest BCUT2D eigenvalue weighted by molar-refractivity contribution is -0.138. The maximum Gasteiger partial charge on any atom is 0.416 e. The van der Waals surface area contributed by atoms with E-state index in [0.29, 0.717) is 29.5 Å². The van der Waals surface area contributed by atoms with Gasteiger partial charge in [0.05, 0.1) is 26.9 Å². The van der Waals surface area contributed by atoms with Crippen LogP contribution in [0.2, 0.25) is 0 Å². The summed E-state index contributed by atoms with van der Waals surface area (Å²) in [5.41, 5.74) is 0.0642. The third-order valence-corrected chi connectivity index (χ3v) is 5.33. The molecule has 2 aromatic rings. The number of amides is 1. The summed E-state index contributed by atoms with van der Waals surface area (Å²) in [6.45, 7) is 0.505. The molecule has 0 heterocycles. The highest BCUT2D eigenvalue weighted by Crippen LogP contribution is 2.40. The molecule has 0 atom stereocenters. The van der Waals surface area contributed by atoms with Crippen LogP contribution in [0.5, 0.6) is 17.2 Å². The predicted octanol–water partition coefficient (Wildman–Crippen LogP) is 4.72. The van der Waals surface area contributed by atoms with Crippen molar-refractivity contribution in [1.29, 1.82) is 0 Å². The lowest BCUT2D eigenvalue weighted by Crippen LogP contribution is -2.30. The van der Waals surface area contributed by atoms with Crippen LogP contribution in [-0.4, -0.2) is 44.7 Å². The molecule has 1 amide bonds. The Hall–Kier alpha value is -2.94. The van der Waals surface area contributed by atoms with Crippen LogP contribution in [-0.2, 0) is 17.5 Å². The molecule has 32 heavy (non-hydrogen) atoms. The van der Waals surface area contributed by atoms with Crippen molar-refractivity contribution in [1.82, 2.24) is 4.90 Å². The van der Waals surface area contributed by atoms with Crippen molar-refractivity contribution >= 4 is 11.6 Å². The van der Waals surface area contributed by atoms with E-state index >= 15 is 0 Å². The molecule has 0 aromatic heterocycles. The number of ether oxygens (including phenoxy) is 3. The average molecular weight is 452 g/mol. The highest BCUT2D eigenvalue weighted by atomic mass is 19.4. The molecule has 0 radical (unpaired) electrons. The van der Waals surface area contributed by atoms with Crippen molar-refractivity contribution in [3.63, 3.8) is 0 Å². The fourth-order valence-corrected chi connectivity index (χ4v) is 3.61. The number of benzene rings is 2. The Morgan fingerprint density at radius 2 is 1.69 bits per heavy atom. The molecule has 1 N–H and O–H groups in total. The number of anilines is 1. The van der Waals surface area contributed by atoms with Crippen molar-refractivity contribution in [2.24, 2.45) is 0 Å². The lowest BCUT2D eigenvalue weighted by atomic mass is 10.1. The molecule has 0 unspecified atom stereocenters. The normalized spacial score (nSPS) is 13.7. The van der Waals surface area contributed by atoms with E-state index in [-0.39, 0.29) is 30.5 Å². The highest BCUT2D eigenvalue weighted by molar-refractivity contribution is 5.91. The van der Waals surface area contributed by atoms with Crippen molar-refractivity contribution in [3.05, 3.63) is 47.5 Å². The Balaban J connectivity index is 1.66. The van der Waals surface area contributed by atoms with Gasteiger partial charge in [-0.3, -0.25) is 9.69 Å². The molecule has 1 aliphatic carbocycles. The molecule has 1 saturated carbocycles. The first-order chi connectivity index (χ1) is 15.3. The van der Waals surface area contributed by atoms with Crippen molar-refractivity contribution in [2.75, 3.05) is 33.2 Å². The van der Waals surface area contributed by atoms with E-state index < -0.39 is 11.7 Å². The van der Waals surface area contributed by atoms with Gasteiger partial charge in [-0.15, -0.1) is 0 Å². The van der Waals surface area contributed by atoms with E-state index in [1.807, 2.05) is 4.90 Å². The first-order valence-corrected chi connectivity index (χ1v) is 10.3. The summed E-state index contributed by atoms with van der Waals surface area (Å²) < 4.78 is 55.9. The number of alkyl halides is 3. The number of hydrogen-bond donors (Lipinski definition) is 1. The van der Waals surface area contributed by atoms with E-state index in [1.54, 1.807) is 18.2 Å². The number of carbonyl (C=O) groups is 1. The SMILES string of the molecule is COc1cc(NC(=O)CCN(Cc2ccccc2C(F)(F)F)C2CC2)cc(OC)c1OC. The van der Waals surface area contributed by atoms with E-state index in [2.05, 4.69) is 5.32 Å². The second-order valence-corrected chi connectivity index (χ2v) is 7.57. The first-order valence-electron chi connectivity index (χ1n) is 10.3. The smallest absolute Gasteiger partial charge is 0.416 e. The van der Waals surface area contributed by atoms with Crippen molar-refractivity contribution in [2.45, 2.75) is 38.0 Å². The van der Waals surface area contributed by atoms with Gasteiger partial charge in [0.1, 0.15) is 0 Å². The standard InChI is InChI=1S/C23H27F3N2O4/c1-30-19-12-16(13-20(31-2)22(19)32-3)27-21(29)10-11-28(17-8-9-17)14-15-6-4-5-7-18(15)23(24,25)26/h4-7,12-13,17H,8-11,14H2,1-3H3,(H,27,29). The Morgan fingerprint density at radius 1 is 1.06 bits per heavy atom. The third kappa shape index (κ3) is 5.85. The summed E-state index contributed by atoms with van der Waals surface area (Å²) in [5, 5.41) is 2.80. The van der Waals surface area contributed by atoms with Gasteiger partial charge in [-0.2, -0.15) is 13.2 Å². The summed E-state index contributed by atoms with van der Waals surface area (Å²) in [6, 6.07) is 9.02. The Morgan fingerprint density at radius 3 is 2.22 bits per heavy atom. The molecular formula is C23H27F3N2O4. The summed E-state index contributed by atoms with van der Waals surface area (Å²) >= 11 is 0. The quantitative estimate of drug-likeness (QED) is 0.565. The molecule has 0 aliphatic heterocycles. The van der Waals surface area contributed by atoms with Gasteiger partial charge in [-0.25, -0.2) is 0 Å². The molecule has 1 aliphatic rings. The van der Waals surface area contributed by atoms with Crippen LogP contribution in [0, 0.1) is 0 Å². The minimum absolute atomic E-state index is 0.140. The van der Waals surface area contributed by atoms with Gasteiger partial charge in [0, 0.05) is 43.4 Å². The minimum Gasteiger partial charge on any atom is -0.493 e. The molecule has 174 valence electrons. The van der Waals surface area contributed by atoms with E-state index in [4.69, 9.17) is 14.2 Å². The van der Waals surface area contributed by atoms with Crippen LogP contribution in [0.15, 0.2) is 36.4 Å². The van der Waals surface area contributed by atoms with Crippen LogP contribution in [0.3, 0.4) is 0 Å². The molecule has 2 aromatic carbocycles. The van der Waals surface area contributed by atoms with Crippen molar-refractivity contribution in [3.8, 4) is 17.2 Å². The average Bonchev–Trinajstić information content (AvgIpc) is 3.60. The molecule has 6 nitrogen and oxygen atoms in total. The molecule has 1 fully saturated rings. The topological polar surface area (TPSA) is 60.0 Å². The second kappa shape index (κ2) is 10.1. The third-order valence-electron chi connectivity index (χ3n) is 5.33. The molecule has 3 rings (SSSR count). The fraction of sp³-hybridized carbons (Fsp3) is 0.435. The number of hydrogen-bond acceptors (Lipinski definition) is 5. The molecular weight excluding hydrogens is 425 g/mol. The zero-order chi connectivity index (χ0) is 23.3. The number of methoxy groups -OCH3 is 3. The lowest BCUT2D eigenvalue weighted by Gasteiger charge is -2.24. The number of halogens is 3. The van der Waals surface area contributed by atoms with E-state index in [1.165, 1.54) is 33.5 Å². The van der Waals surface area contributed by atoms with Gasteiger partial charge < -0.3 is 19.5 Å². The van der Waals surface area contributed by atoms with Crippen LogP contribution >= 0.6 is 0 Å². The van der Waals surface area contributed by atoms with Crippen LogP contribution in [0.25, 0.3) is 0 Å². The number of carbonyl (C=O) groups excluding carboxylic acids is 1. The first kappa shape index (κ1) is 23.7. The maximum atomic E-state index is 13.3. The van der Waals surface area contributed by atoms with Crippen LogP contribution in [0.1, 0.15) is 30.4 Å². The summed E-state index contributed by atoms with van der Waals surface area (Å²) in [5.74, 6) is 0.973. The van der Waals surface area contributed by atoms with Gasteiger partial charge >= 0.3 is 6.18 Å². The Kier molecular flexibility index (Phi) is 7.50. The zero-order valence-electron chi connectivity index (χ0n) is 18.3. The van der Waals surface area contributed by atoms with Gasteiger partial charge in [0.2, 0.25) is 11.7 Å². The van der Waals surface area contributed by atoms with Crippen molar-refractivity contribution < 1.29 is 32.2 Å². The monoisotopic (exact) mass is 452 g/mol. The van der Waals surface area contributed by atoms with E-state index in [9.17, 15) is 18.0 Å². The molecule has 0 spiro atoms. The maximum absolute atomic E-state index is 13.3. The van der Waals surface area contributed by atoms with Crippen LogP contribution in [0.4, 0.5) is 18.9 Å². The zero-order valence-corrected chi connectivity index (χ0v) is 18.3. The molecule has 0 saturated heterocycles. The van der Waals surface area contributed by atoms with Gasteiger partial charge in [-0.05, 0) is 24.5 Å². The summed E-state index contributed by atoms with van der Waals surface area (Å²) in [6.07, 6.45) is -2.43. The van der Waals surface area contributed by atoms with Crippen LogP contribution < -0.4 is 19.5 Å². The Labute approximate surface area is 185 Å². The molecule has 9 heteroatoms. The number of nitrogens with zero attached hydrogens (tertiary/aromatic N) is 1. The fourth-order valence-electron chi connectivity index (χ4n) is 3.61. The van der Waals surface area contributed by atoms with E-state index in [0.717, 1.165) is 18.9 Å². The van der Waals surface area contributed by atoms with Gasteiger partial charge in [-0.1, -0.05) is 18.2 Å². The predicted molar refractivity (Wildman–Crippen MR) is 114 cm³/mol. The highest BCUT2D eigenvalue weighted by Gasteiger charge is 2.35. The number of nitrogens with one attached hydrogen (secondary N) is 1. The molecule has 0 bridgehead atoms. The van der Waals surface area contributed by atoms with Gasteiger partial charge in [0.25, 0.3) is 0 Å². The largest absolute Gasteiger partial charge is 0.493 e. The summed E-state index contributed by atoms with van der Waals surface area (Å²) in [4.78, 5) is 14.5. The minimum atomic E-state index is -4.41. The Bertz CT molecular complexity index is 920. The summed E-state index contributed by atoms with van der Waals surface area (Å²) in [7, 11) is 4.45.